The Morgan fingerprint density at radius 2 is 2.06 bits per heavy atom. The van der Waals surface area contributed by atoms with Crippen LogP contribution in [-0.4, -0.2) is 22.4 Å². The lowest BCUT2D eigenvalue weighted by Crippen LogP contribution is -2.31. The van der Waals surface area contributed by atoms with Crippen molar-refractivity contribution in [3.63, 3.8) is 0 Å². The number of rotatable bonds is 8. The molecule has 0 spiro atoms. The molecule has 1 aromatic rings. The molecule has 1 atom stereocenters. The highest BCUT2D eigenvalue weighted by molar-refractivity contribution is 6.30. The Hall–Kier alpha value is -0.540. The molecule has 1 N–H and O–H groups in total. The molecule has 0 aromatic carbocycles. The van der Waals surface area contributed by atoms with E-state index in [0.717, 1.165) is 23.8 Å². The largest absolute Gasteiger partial charge is 0.314 e. The molecule has 0 aliphatic carbocycles. The van der Waals surface area contributed by atoms with Crippen molar-refractivity contribution < 1.29 is 0 Å². The molecule has 0 fully saturated rings. The first-order chi connectivity index (χ1) is 8.60. The van der Waals surface area contributed by atoms with Gasteiger partial charge >= 0.3 is 0 Å². The van der Waals surface area contributed by atoms with Crippen LogP contribution in [0.25, 0.3) is 0 Å². The Balaban J connectivity index is 2.64. The molecule has 1 aromatic heterocycles. The number of nitrogens with zero attached hydrogens (tertiary/aromatic N) is 2. The molecule has 0 bridgehead atoms. The lowest BCUT2D eigenvalue weighted by Gasteiger charge is -2.17. The van der Waals surface area contributed by atoms with Crippen molar-refractivity contribution >= 4 is 11.6 Å². The van der Waals surface area contributed by atoms with Crippen molar-refractivity contribution in [3.05, 3.63) is 16.4 Å². The SMILES string of the molecule is CCCCCC(Cc1c(C)nn(C)c1Cl)NCC. The normalized spacial score (nSPS) is 12.9. The maximum atomic E-state index is 6.29. The quantitative estimate of drug-likeness (QED) is 0.734. The van der Waals surface area contributed by atoms with E-state index in [1.165, 1.54) is 31.2 Å². The number of hydrogen-bond acceptors (Lipinski definition) is 2. The number of aromatic nitrogens is 2. The van der Waals surface area contributed by atoms with E-state index in [1.54, 1.807) is 4.68 Å². The molecule has 0 aliphatic rings. The van der Waals surface area contributed by atoms with E-state index in [1.807, 2.05) is 14.0 Å². The van der Waals surface area contributed by atoms with Crippen LogP contribution in [0.4, 0.5) is 0 Å². The first kappa shape index (κ1) is 15.5. The van der Waals surface area contributed by atoms with Crippen molar-refractivity contribution in [2.24, 2.45) is 7.05 Å². The minimum Gasteiger partial charge on any atom is -0.314 e. The molecule has 1 heterocycles. The molecule has 0 saturated heterocycles. The zero-order valence-corrected chi connectivity index (χ0v) is 12.8. The Bertz CT molecular complexity index is 360. The number of nitrogens with one attached hydrogen (secondary N) is 1. The lowest BCUT2D eigenvalue weighted by atomic mass is 10.0. The molecule has 0 amide bonds. The van der Waals surface area contributed by atoms with Gasteiger partial charge < -0.3 is 5.32 Å². The number of likely N-dealkylation sites (N-methyl/N-ethyl adjacent to an activating group) is 1. The lowest BCUT2D eigenvalue weighted by molar-refractivity contribution is 0.466. The summed E-state index contributed by atoms with van der Waals surface area (Å²) in [6.45, 7) is 7.44. The third-order valence-corrected chi connectivity index (χ3v) is 3.84. The summed E-state index contributed by atoms with van der Waals surface area (Å²) < 4.78 is 1.77. The monoisotopic (exact) mass is 271 g/mol. The smallest absolute Gasteiger partial charge is 0.130 e. The highest BCUT2D eigenvalue weighted by Gasteiger charge is 2.16. The van der Waals surface area contributed by atoms with E-state index in [9.17, 15) is 0 Å². The molecule has 0 radical (unpaired) electrons. The van der Waals surface area contributed by atoms with Crippen LogP contribution in [-0.2, 0) is 13.5 Å². The van der Waals surface area contributed by atoms with E-state index in [0.29, 0.717) is 6.04 Å². The molecule has 104 valence electrons. The molecule has 18 heavy (non-hydrogen) atoms. The van der Waals surface area contributed by atoms with E-state index >= 15 is 0 Å². The molecule has 1 rings (SSSR count). The van der Waals surface area contributed by atoms with Gasteiger partial charge in [0.1, 0.15) is 5.15 Å². The maximum Gasteiger partial charge on any atom is 0.130 e. The number of halogens is 1. The predicted molar refractivity (Wildman–Crippen MR) is 78.3 cm³/mol. The van der Waals surface area contributed by atoms with Crippen molar-refractivity contribution in [2.45, 2.75) is 58.9 Å². The summed E-state index contributed by atoms with van der Waals surface area (Å²) in [6, 6.07) is 0.516. The average Bonchev–Trinajstić information content (AvgIpc) is 2.56. The van der Waals surface area contributed by atoms with Crippen LogP contribution in [0.1, 0.15) is 50.8 Å². The van der Waals surface area contributed by atoms with Crippen LogP contribution in [0, 0.1) is 6.92 Å². The zero-order chi connectivity index (χ0) is 13.5. The Labute approximate surface area is 116 Å². The molecule has 3 nitrogen and oxygen atoms in total. The van der Waals surface area contributed by atoms with Gasteiger partial charge in [0.25, 0.3) is 0 Å². The predicted octanol–water partition coefficient (Wildman–Crippen LogP) is 3.48. The number of hydrogen-bond donors (Lipinski definition) is 1. The van der Waals surface area contributed by atoms with E-state index in [4.69, 9.17) is 11.6 Å². The Morgan fingerprint density at radius 3 is 2.56 bits per heavy atom. The van der Waals surface area contributed by atoms with Crippen molar-refractivity contribution in [3.8, 4) is 0 Å². The highest BCUT2D eigenvalue weighted by atomic mass is 35.5. The van der Waals surface area contributed by atoms with Gasteiger partial charge in [-0.1, -0.05) is 44.7 Å². The fourth-order valence-electron chi connectivity index (χ4n) is 2.36. The van der Waals surface area contributed by atoms with Crippen molar-refractivity contribution in [1.82, 2.24) is 15.1 Å². The summed E-state index contributed by atoms with van der Waals surface area (Å²) in [5.74, 6) is 0. The van der Waals surface area contributed by atoms with Gasteiger partial charge in [-0.25, -0.2) is 0 Å². The van der Waals surface area contributed by atoms with Gasteiger partial charge in [-0.2, -0.15) is 5.10 Å². The average molecular weight is 272 g/mol. The van der Waals surface area contributed by atoms with Crippen LogP contribution < -0.4 is 5.32 Å². The van der Waals surface area contributed by atoms with Gasteiger partial charge in [-0.3, -0.25) is 4.68 Å². The van der Waals surface area contributed by atoms with Crippen LogP contribution >= 0.6 is 11.6 Å². The van der Waals surface area contributed by atoms with Gasteiger partial charge in [-0.05, 0) is 26.3 Å². The fourth-order valence-corrected chi connectivity index (χ4v) is 2.61. The second kappa shape index (κ2) is 7.80. The van der Waals surface area contributed by atoms with Gasteiger partial charge in [-0.15, -0.1) is 0 Å². The van der Waals surface area contributed by atoms with Crippen LogP contribution in [0.5, 0.6) is 0 Å². The van der Waals surface area contributed by atoms with Crippen molar-refractivity contribution in [1.29, 1.82) is 0 Å². The third kappa shape index (κ3) is 4.29. The molecule has 1 unspecified atom stereocenters. The van der Waals surface area contributed by atoms with E-state index in [-0.39, 0.29) is 0 Å². The second-order valence-corrected chi connectivity index (χ2v) is 5.29. The topological polar surface area (TPSA) is 29.9 Å². The minimum atomic E-state index is 0.516. The minimum absolute atomic E-state index is 0.516. The van der Waals surface area contributed by atoms with Crippen LogP contribution in [0.2, 0.25) is 5.15 Å². The standard InChI is InChI=1S/C14H26ClN3/c1-5-7-8-9-12(16-6-2)10-13-11(3)17-18(4)14(13)15/h12,16H,5-10H2,1-4H3. The van der Waals surface area contributed by atoms with Gasteiger partial charge in [0.2, 0.25) is 0 Å². The summed E-state index contributed by atoms with van der Waals surface area (Å²) in [4.78, 5) is 0. The van der Waals surface area contributed by atoms with Crippen LogP contribution in [0.3, 0.4) is 0 Å². The maximum absolute atomic E-state index is 6.29. The van der Waals surface area contributed by atoms with Gasteiger partial charge in [0.15, 0.2) is 0 Å². The third-order valence-electron chi connectivity index (χ3n) is 3.37. The van der Waals surface area contributed by atoms with E-state index in [2.05, 4.69) is 24.3 Å². The first-order valence-electron chi connectivity index (χ1n) is 7.01. The summed E-state index contributed by atoms with van der Waals surface area (Å²) >= 11 is 6.29. The molecule has 0 aliphatic heterocycles. The van der Waals surface area contributed by atoms with Crippen LogP contribution in [0.15, 0.2) is 0 Å². The van der Waals surface area contributed by atoms with Crippen molar-refractivity contribution in [2.75, 3.05) is 6.54 Å². The number of aryl methyl sites for hydroxylation is 2. The molecular weight excluding hydrogens is 246 g/mol. The first-order valence-corrected chi connectivity index (χ1v) is 7.39. The zero-order valence-electron chi connectivity index (χ0n) is 12.1. The molecule has 0 saturated carbocycles. The number of unbranched alkanes of at least 4 members (excludes halogenated alkanes) is 2. The summed E-state index contributed by atoms with van der Waals surface area (Å²) in [5.41, 5.74) is 2.25. The molecule has 4 heteroatoms. The van der Waals surface area contributed by atoms with Gasteiger partial charge in [0.05, 0.1) is 5.69 Å². The molecular formula is C14H26ClN3. The summed E-state index contributed by atoms with van der Waals surface area (Å²) in [5, 5.41) is 8.72. The fraction of sp³-hybridized carbons (Fsp3) is 0.786. The summed E-state index contributed by atoms with van der Waals surface area (Å²) in [7, 11) is 1.90. The Morgan fingerprint density at radius 1 is 1.33 bits per heavy atom. The Kier molecular flexibility index (Phi) is 6.72. The van der Waals surface area contributed by atoms with Gasteiger partial charge in [0, 0.05) is 18.7 Å². The second-order valence-electron chi connectivity index (χ2n) is 4.93. The summed E-state index contributed by atoms with van der Waals surface area (Å²) in [6.07, 6.45) is 6.06. The highest BCUT2D eigenvalue weighted by Crippen LogP contribution is 2.21. The van der Waals surface area contributed by atoms with E-state index < -0.39 is 0 Å².